The second-order valence-electron chi connectivity index (χ2n) is 11.5. The number of nitrogens with zero attached hydrogens (tertiary/aromatic N) is 3. The fourth-order valence-electron chi connectivity index (χ4n) is 6.22. The van der Waals surface area contributed by atoms with E-state index in [9.17, 15) is 22.8 Å². The number of piperidine rings is 1. The standard InChI is InChI=1S/C33H33Cl2F3N4O3/c1-4-45-27-19-23(33(36,37)38)9-14-26(27)29-40-31(2,21-5-10-24(34)11-6-21)32(3,22-7-12-25(35)13-8-22)42(29)30(44)41-17-15-20(16-18-41)28(39)43/h5-14,19-20H,4,15-18H2,1-3H3,(H2,39,43)/t31-,32-/m0/s1. The zero-order valence-corrected chi connectivity index (χ0v) is 26.5. The molecule has 1 fully saturated rings. The van der Waals surface area contributed by atoms with Crippen LogP contribution in [0.2, 0.25) is 10.0 Å². The van der Waals surface area contributed by atoms with E-state index in [1.54, 1.807) is 41.0 Å². The third kappa shape index (κ3) is 5.86. The summed E-state index contributed by atoms with van der Waals surface area (Å²) in [6.07, 6.45) is -3.84. The molecule has 2 heterocycles. The Kier molecular flexibility index (Phi) is 8.85. The first-order valence-corrected chi connectivity index (χ1v) is 15.3. The van der Waals surface area contributed by atoms with Gasteiger partial charge in [-0.2, -0.15) is 13.2 Å². The van der Waals surface area contributed by atoms with E-state index in [4.69, 9.17) is 38.7 Å². The molecule has 12 heteroatoms. The fraction of sp³-hybridized carbons (Fsp3) is 0.364. The van der Waals surface area contributed by atoms with Gasteiger partial charge in [-0.1, -0.05) is 47.5 Å². The molecule has 45 heavy (non-hydrogen) atoms. The Balaban J connectivity index is 1.76. The number of amides is 3. The van der Waals surface area contributed by atoms with Gasteiger partial charge in [-0.05, 0) is 87.2 Å². The van der Waals surface area contributed by atoms with E-state index in [2.05, 4.69) is 0 Å². The molecule has 238 valence electrons. The average Bonchev–Trinajstić information content (AvgIpc) is 3.25. The van der Waals surface area contributed by atoms with Gasteiger partial charge < -0.3 is 15.4 Å². The highest BCUT2D eigenvalue weighted by atomic mass is 35.5. The van der Waals surface area contributed by atoms with Crippen molar-refractivity contribution in [3.63, 3.8) is 0 Å². The molecule has 0 radical (unpaired) electrons. The van der Waals surface area contributed by atoms with E-state index in [0.29, 0.717) is 28.5 Å². The summed E-state index contributed by atoms with van der Waals surface area (Å²) >= 11 is 12.5. The SMILES string of the molecule is CCOc1cc(C(F)(F)F)ccc1C1=N[C@@](C)(c2ccc(Cl)cc2)[C@](C)(c2ccc(Cl)cc2)N1C(=O)N1CCC(C(N)=O)CC1. The molecule has 3 amide bonds. The van der Waals surface area contributed by atoms with E-state index < -0.39 is 34.8 Å². The monoisotopic (exact) mass is 660 g/mol. The van der Waals surface area contributed by atoms with Crippen LogP contribution in [-0.2, 0) is 22.0 Å². The Bertz CT molecular complexity index is 1620. The quantitative estimate of drug-likeness (QED) is 0.295. The zero-order chi connectivity index (χ0) is 32.7. The number of likely N-dealkylation sites (tertiary alicyclic amines) is 1. The summed E-state index contributed by atoms with van der Waals surface area (Å²) in [6, 6.07) is 16.9. The molecule has 0 saturated carbocycles. The van der Waals surface area contributed by atoms with Crippen molar-refractivity contribution in [1.82, 2.24) is 9.80 Å². The van der Waals surface area contributed by atoms with Crippen molar-refractivity contribution in [2.24, 2.45) is 16.6 Å². The molecule has 0 spiro atoms. The van der Waals surface area contributed by atoms with Gasteiger partial charge in [0.15, 0.2) is 0 Å². The number of urea groups is 1. The van der Waals surface area contributed by atoms with Gasteiger partial charge in [0.05, 0.1) is 17.7 Å². The van der Waals surface area contributed by atoms with Crippen molar-refractivity contribution in [3.05, 3.63) is 99.0 Å². The van der Waals surface area contributed by atoms with E-state index in [1.165, 1.54) is 6.07 Å². The van der Waals surface area contributed by atoms with Gasteiger partial charge in [-0.3, -0.25) is 14.7 Å². The third-order valence-electron chi connectivity index (χ3n) is 8.96. The predicted octanol–water partition coefficient (Wildman–Crippen LogP) is 7.62. The summed E-state index contributed by atoms with van der Waals surface area (Å²) in [5.41, 5.74) is 3.89. The van der Waals surface area contributed by atoms with Crippen LogP contribution in [0, 0.1) is 5.92 Å². The molecule has 0 bridgehead atoms. The lowest BCUT2D eigenvalue weighted by atomic mass is 9.71. The van der Waals surface area contributed by atoms with Crippen LogP contribution in [0.1, 0.15) is 55.9 Å². The van der Waals surface area contributed by atoms with Crippen molar-refractivity contribution >= 4 is 41.0 Å². The van der Waals surface area contributed by atoms with Crippen LogP contribution in [0.15, 0.2) is 71.7 Å². The molecule has 0 aliphatic carbocycles. The van der Waals surface area contributed by atoms with Crippen LogP contribution in [0.5, 0.6) is 5.75 Å². The Labute approximate surface area is 269 Å². The van der Waals surface area contributed by atoms with Crippen LogP contribution >= 0.6 is 23.2 Å². The Morgan fingerprint density at radius 2 is 1.51 bits per heavy atom. The third-order valence-corrected chi connectivity index (χ3v) is 9.46. The highest BCUT2D eigenvalue weighted by Gasteiger charge is 2.60. The summed E-state index contributed by atoms with van der Waals surface area (Å²) in [7, 11) is 0. The first-order chi connectivity index (χ1) is 21.2. The first-order valence-electron chi connectivity index (χ1n) is 14.6. The predicted molar refractivity (Wildman–Crippen MR) is 167 cm³/mol. The number of hydrogen-bond donors (Lipinski definition) is 1. The number of alkyl halides is 3. The molecule has 2 N–H and O–H groups in total. The van der Waals surface area contributed by atoms with Crippen molar-refractivity contribution in [2.75, 3.05) is 19.7 Å². The van der Waals surface area contributed by atoms with E-state index in [1.807, 2.05) is 38.1 Å². The van der Waals surface area contributed by atoms with E-state index in [0.717, 1.165) is 17.7 Å². The molecular formula is C33H33Cl2F3N4O3. The summed E-state index contributed by atoms with van der Waals surface area (Å²) in [4.78, 5) is 35.0. The second-order valence-corrected chi connectivity index (χ2v) is 12.4. The minimum Gasteiger partial charge on any atom is -0.493 e. The Morgan fingerprint density at radius 1 is 0.956 bits per heavy atom. The molecule has 0 aromatic heterocycles. The Hall–Kier alpha value is -3.76. The highest BCUT2D eigenvalue weighted by molar-refractivity contribution is 6.30. The van der Waals surface area contributed by atoms with Crippen LogP contribution in [0.3, 0.4) is 0 Å². The molecule has 7 nitrogen and oxygen atoms in total. The minimum atomic E-state index is -4.61. The summed E-state index contributed by atoms with van der Waals surface area (Å²) in [5, 5.41) is 0.992. The number of primary amides is 1. The van der Waals surface area contributed by atoms with E-state index in [-0.39, 0.29) is 42.8 Å². The topological polar surface area (TPSA) is 88.2 Å². The number of ether oxygens (including phenoxy) is 1. The molecule has 3 aromatic rings. The van der Waals surface area contributed by atoms with Crippen LogP contribution in [0.4, 0.5) is 18.0 Å². The maximum Gasteiger partial charge on any atom is 0.416 e. The molecule has 1 saturated heterocycles. The summed E-state index contributed by atoms with van der Waals surface area (Å²) in [6.45, 7) is 6.02. The Morgan fingerprint density at radius 3 is 2.02 bits per heavy atom. The van der Waals surface area contributed by atoms with Crippen molar-refractivity contribution in [2.45, 2.75) is 50.9 Å². The molecule has 2 aliphatic heterocycles. The number of halogens is 5. The van der Waals surface area contributed by atoms with Gasteiger partial charge >= 0.3 is 12.2 Å². The van der Waals surface area contributed by atoms with Crippen molar-refractivity contribution < 1.29 is 27.5 Å². The normalized spacial score (nSPS) is 22.4. The summed E-state index contributed by atoms with van der Waals surface area (Å²) < 4.78 is 47.1. The van der Waals surface area contributed by atoms with Gasteiger partial charge in [0.1, 0.15) is 22.7 Å². The first kappa shape index (κ1) is 32.6. The van der Waals surface area contributed by atoms with Gasteiger partial charge in [0.2, 0.25) is 5.91 Å². The number of hydrogen-bond acceptors (Lipinski definition) is 4. The molecule has 2 aliphatic rings. The number of rotatable bonds is 6. The molecule has 0 unspecified atom stereocenters. The van der Waals surface area contributed by atoms with Crippen LogP contribution in [-0.4, -0.2) is 47.3 Å². The highest BCUT2D eigenvalue weighted by Crippen LogP contribution is 2.54. The smallest absolute Gasteiger partial charge is 0.416 e. The molecule has 5 rings (SSSR count). The lowest BCUT2D eigenvalue weighted by molar-refractivity contribution is -0.137. The van der Waals surface area contributed by atoms with Gasteiger partial charge in [-0.25, -0.2) is 4.79 Å². The lowest BCUT2D eigenvalue weighted by Crippen LogP contribution is -2.59. The number of carbonyl (C=O) groups is 2. The minimum absolute atomic E-state index is 0.0601. The zero-order valence-electron chi connectivity index (χ0n) is 25.0. The number of amidine groups is 1. The largest absolute Gasteiger partial charge is 0.493 e. The number of benzene rings is 3. The second kappa shape index (κ2) is 12.2. The van der Waals surface area contributed by atoms with Crippen LogP contribution in [0.25, 0.3) is 0 Å². The van der Waals surface area contributed by atoms with Crippen molar-refractivity contribution in [3.8, 4) is 5.75 Å². The van der Waals surface area contributed by atoms with Crippen molar-refractivity contribution in [1.29, 1.82) is 0 Å². The molecule has 2 atom stereocenters. The number of aliphatic imine (C=N–C) groups is 1. The van der Waals surface area contributed by atoms with Gasteiger partial charge in [-0.15, -0.1) is 0 Å². The maximum atomic E-state index is 14.8. The number of nitrogens with two attached hydrogens (primary N) is 1. The maximum absolute atomic E-state index is 14.8. The van der Waals surface area contributed by atoms with Gasteiger partial charge in [0, 0.05) is 29.1 Å². The van der Waals surface area contributed by atoms with E-state index >= 15 is 0 Å². The molecular weight excluding hydrogens is 628 g/mol. The summed E-state index contributed by atoms with van der Waals surface area (Å²) in [5.74, 6) is -0.695. The lowest BCUT2D eigenvalue weighted by Gasteiger charge is -2.47. The van der Waals surface area contributed by atoms with Crippen LogP contribution < -0.4 is 10.5 Å². The molecule has 3 aromatic carbocycles. The average molecular weight is 662 g/mol. The fourth-order valence-corrected chi connectivity index (χ4v) is 6.47. The van der Waals surface area contributed by atoms with Gasteiger partial charge in [0.25, 0.3) is 0 Å². The number of carbonyl (C=O) groups excluding carboxylic acids is 2.